The zero-order chi connectivity index (χ0) is 53.5. The van der Waals surface area contributed by atoms with Crippen molar-refractivity contribution in [2.75, 3.05) is 12.3 Å². The van der Waals surface area contributed by atoms with Crippen LogP contribution in [0.4, 0.5) is 5.69 Å². The highest BCUT2D eigenvalue weighted by atomic mass is 16.5. The fourth-order valence-electron chi connectivity index (χ4n) is 9.50. The number of carboxylic acid groups (broad SMARTS) is 1. The summed E-state index contributed by atoms with van der Waals surface area (Å²) in [5.41, 5.74) is 22.1. The number of hydrogen-bond donors (Lipinski definition) is 9. The Morgan fingerprint density at radius 2 is 1.09 bits per heavy atom. The Morgan fingerprint density at radius 3 is 1.72 bits per heavy atom. The summed E-state index contributed by atoms with van der Waals surface area (Å²) in [7, 11) is 0. The van der Waals surface area contributed by atoms with Crippen LogP contribution >= 0.6 is 0 Å². The lowest BCUT2D eigenvalue weighted by atomic mass is 9.84. The molecular formula is C59H76N8O8. The van der Waals surface area contributed by atoms with E-state index in [4.69, 9.17) is 21.9 Å². The maximum Gasteiger partial charge on any atom is 0.326 e. The molecule has 0 heterocycles. The Kier molecular flexibility index (Phi) is 22.5. The number of ether oxygens (including phenoxy) is 1. The predicted octanol–water partition coefficient (Wildman–Crippen LogP) is 6.15. The number of carbonyl (C=O) groups is 6. The van der Waals surface area contributed by atoms with Crippen molar-refractivity contribution in [1.82, 2.24) is 26.6 Å². The first-order valence-electron chi connectivity index (χ1n) is 26.6. The molecule has 1 aliphatic carbocycles. The van der Waals surface area contributed by atoms with E-state index in [2.05, 4.69) is 26.6 Å². The number of nitrogens with one attached hydrogen (secondary N) is 5. The van der Waals surface area contributed by atoms with Gasteiger partial charge in [0.25, 0.3) is 0 Å². The first-order chi connectivity index (χ1) is 36.3. The SMILES string of the molecule is CCCC[C@H](NC(=O)[C@H](Cc1ccc(OCc2ccccc2)cc1)NC(=O)[C@H](Cc1ccc(N)cc1)NC(=O)[C@H](CCCCN)NC(=O)[C@H](CC1CCCCC1)NC(=O)[C@@H](N)Cc1ccc2ccccc2c1)C(=O)O. The molecule has 1 saturated carbocycles. The number of hydrogen-bond acceptors (Lipinski definition) is 10. The molecule has 75 heavy (non-hydrogen) atoms. The van der Waals surface area contributed by atoms with Crippen molar-refractivity contribution in [2.24, 2.45) is 17.4 Å². The molecule has 16 nitrogen and oxygen atoms in total. The number of anilines is 1. The Bertz CT molecular complexity index is 2630. The van der Waals surface area contributed by atoms with Gasteiger partial charge in [-0.15, -0.1) is 0 Å². The van der Waals surface area contributed by atoms with Gasteiger partial charge in [-0.25, -0.2) is 4.79 Å². The van der Waals surface area contributed by atoms with E-state index in [0.717, 1.165) is 54.0 Å². The van der Waals surface area contributed by atoms with E-state index in [0.29, 0.717) is 67.8 Å². The first-order valence-corrected chi connectivity index (χ1v) is 26.6. The number of benzene rings is 5. The van der Waals surface area contributed by atoms with Crippen LogP contribution in [0.25, 0.3) is 10.8 Å². The van der Waals surface area contributed by atoms with Gasteiger partial charge in [0, 0.05) is 18.5 Å². The number of nitrogens with two attached hydrogens (primary N) is 3. The molecule has 0 radical (unpaired) electrons. The van der Waals surface area contributed by atoms with Gasteiger partial charge in [0.15, 0.2) is 0 Å². The quantitative estimate of drug-likeness (QED) is 0.0194. The second kappa shape index (κ2) is 29.6. The highest BCUT2D eigenvalue weighted by Crippen LogP contribution is 2.28. The minimum Gasteiger partial charge on any atom is -0.489 e. The van der Waals surface area contributed by atoms with Crippen molar-refractivity contribution in [1.29, 1.82) is 0 Å². The van der Waals surface area contributed by atoms with Gasteiger partial charge in [0.05, 0.1) is 6.04 Å². The second-order valence-electron chi connectivity index (χ2n) is 19.9. The van der Waals surface area contributed by atoms with Crippen molar-refractivity contribution < 1.29 is 38.6 Å². The molecule has 5 aromatic carbocycles. The number of fused-ring (bicyclic) bond motifs is 1. The van der Waals surface area contributed by atoms with E-state index in [1.54, 1.807) is 48.5 Å². The molecule has 6 atom stereocenters. The minimum absolute atomic E-state index is 0.0308. The summed E-state index contributed by atoms with van der Waals surface area (Å²) in [6.45, 7) is 2.60. The number of nitrogen functional groups attached to an aromatic ring is 1. The van der Waals surface area contributed by atoms with E-state index < -0.39 is 71.8 Å². The van der Waals surface area contributed by atoms with Crippen LogP contribution < -0.4 is 48.5 Å². The van der Waals surface area contributed by atoms with Crippen LogP contribution in [0.3, 0.4) is 0 Å². The third-order valence-corrected chi connectivity index (χ3v) is 13.9. The summed E-state index contributed by atoms with van der Waals surface area (Å²) < 4.78 is 5.97. The van der Waals surface area contributed by atoms with Crippen molar-refractivity contribution in [3.05, 3.63) is 144 Å². The Balaban J connectivity index is 1.22. The average Bonchev–Trinajstić information content (AvgIpc) is 3.41. The summed E-state index contributed by atoms with van der Waals surface area (Å²) >= 11 is 0. The molecule has 0 bridgehead atoms. The molecule has 0 aromatic heterocycles. The van der Waals surface area contributed by atoms with Gasteiger partial charge < -0.3 is 53.6 Å². The maximum absolute atomic E-state index is 14.7. The highest BCUT2D eigenvalue weighted by Gasteiger charge is 2.34. The Hall–Kier alpha value is -7.30. The lowest BCUT2D eigenvalue weighted by molar-refractivity contribution is -0.142. The largest absolute Gasteiger partial charge is 0.489 e. The van der Waals surface area contributed by atoms with Crippen LogP contribution in [-0.4, -0.2) is 83.4 Å². The molecule has 5 aromatic rings. The van der Waals surface area contributed by atoms with Gasteiger partial charge >= 0.3 is 5.97 Å². The summed E-state index contributed by atoms with van der Waals surface area (Å²) in [6.07, 6.45) is 8.05. The van der Waals surface area contributed by atoms with Crippen LogP contribution in [0.5, 0.6) is 5.75 Å². The fourth-order valence-corrected chi connectivity index (χ4v) is 9.50. The molecule has 1 fully saturated rings. The first kappa shape index (κ1) is 57.0. The summed E-state index contributed by atoms with van der Waals surface area (Å²) in [5.74, 6) is -3.61. The standard InChI is InChI=1S/C59H76N8O8/c1-2-3-20-50(59(73)74)64-57(71)52(37-41-25-30-47(31-26-41)75-38-42-16-8-5-9-17-42)67-58(72)53(36-40-23-28-46(61)29-24-40)66-55(69)49(21-12-13-32-60)63-56(70)51(35-39-14-6-4-7-15-39)65-54(68)48(62)34-43-22-27-44-18-10-11-19-45(44)33-43/h5,8-11,16-19,22-31,33,39,48-53H,2-4,6-7,12-15,20-21,32,34-38,60-62H2,1H3,(H,63,70)(H,64,71)(H,65,68)(H,66,69)(H,67,72)(H,73,74)/t48-,49-,50-,51-,52-,53-/m0/s1. The molecule has 5 amide bonds. The topological polar surface area (TPSA) is 270 Å². The van der Waals surface area contributed by atoms with Crippen LogP contribution in [0, 0.1) is 5.92 Å². The molecule has 0 aliphatic heterocycles. The zero-order valence-corrected chi connectivity index (χ0v) is 43.1. The lowest BCUT2D eigenvalue weighted by Gasteiger charge is -2.29. The van der Waals surface area contributed by atoms with Gasteiger partial charge in [-0.3, -0.25) is 24.0 Å². The maximum atomic E-state index is 14.7. The van der Waals surface area contributed by atoms with Crippen LogP contribution in [0.15, 0.2) is 121 Å². The third-order valence-electron chi connectivity index (χ3n) is 13.9. The Morgan fingerprint density at radius 1 is 0.560 bits per heavy atom. The minimum atomic E-state index is -1.29. The lowest BCUT2D eigenvalue weighted by Crippen LogP contribution is -2.60. The zero-order valence-electron chi connectivity index (χ0n) is 43.1. The van der Waals surface area contributed by atoms with Crippen molar-refractivity contribution in [3.63, 3.8) is 0 Å². The molecule has 400 valence electrons. The number of carbonyl (C=O) groups excluding carboxylic acids is 5. The summed E-state index contributed by atoms with van der Waals surface area (Å²) in [4.78, 5) is 84.3. The molecule has 0 unspecified atom stereocenters. The molecule has 6 rings (SSSR count). The number of amides is 5. The molecule has 16 heteroatoms. The Labute approximate surface area is 440 Å². The van der Waals surface area contributed by atoms with Crippen LogP contribution in [-0.2, 0) is 54.6 Å². The number of aliphatic carboxylic acids is 1. The monoisotopic (exact) mass is 1020 g/mol. The molecule has 1 aliphatic rings. The van der Waals surface area contributed by atoms with Gasteiger partial charge in [-0.2, -0.15) is 0 Å². The molecule has 0 spiro atoms. The molecule has 0 saturated heterocycles. The van der Waals surface area contributed by atoms with Gasteiger partial charge in [-0.05, 0) is 108 Å². The van der Waals surface area contributed by atoms with E-state index in [1.807, 2.05) is 79.7 Å². The molecular weight excluding hydrogens is 949 g/mol. The predicted molar refractivity (Wildman–Crippen MR) is 292 cm³/mol. The normalized spacial score (nSPS) is 15.0. The van der Waals surface area contributed by atoms with Crippen LogP contribution in [0.2, 0.25) is 0 Å². The highest BCUT2D eigenvalue weighted by molar-refractivity contribution is 5.96. The van der Waals surface area contributed by atoms with E-state index in [1.165, 1.54) is 0 Å². The summed E-state index contributed by atoms with van der Waals surface area (Å²) in [6, 6.07) is 30.5. The smallest absolute Gasteiger partial charge is 0.326 e. The van der Waals surface area contributed by atoms with Gasteiger partial charge in [-0.1, -0.05) is 149 Å². The second-order valence-corrected chi connectivity index (χ2v) is 19.9. The van der Waals surface area contributed by atoms with Gasteiger partial charge in [0.1, 0.15) is 42.6 Å². The van der Waals surface area contributed by atoms with Crippen molar-refractivity contribution in [3.8, 4) is 5.75 Å². The average molecular weight is 1030 g/mol. The van der Waals surface area contributed by atoms with Crippen LogP contribution in [0.1, 0.15) is 106 Å². The molecule has 12 N–H and O–H groups in total. The van der Waals surface area contributed by atoms with E-state index in [-0.39, 0.29) is 38.0 Å². The number of rotatable bonds is 29. The van der Waals surface area contributed by atoms with Gasteiger partial charge in [0.2, 0.25) is 29.5 Å². The third kappa shape index (κ3) is 18.5. The fraction of sp³-hybridized carbons (Fsp3) is 0.424. The van der Waals surface area contributed by atoms with E-state index >= 15 is 0 Å². The van der Waals surface area contributed by atoms with Crippen molar-refractivity contribution >= 4 is 52.0 Å². The number of unbranched alkanes of at least 4 members (excludes halogenated alkanes) is 2. The van der Waals surface area contributed by atoms with E-state index in [9.17, 15) is 33.9 Å². The number of carboxylic acids is 1. The summed E-state index contributed by atoms with van der Waals surface area (Å²) in [5, 5.41) is 26.4. The van der Waals surface area contributed by atoms with Crippen molar-refractivity contribution in [2.45, 2.75) is 146 Å².